The van der Waals surface area contributed by atoms with Crippen LogP contribution in [-0.2, 0) is 10.0 Å². The Labute approximate surface area is 110 Å². The molecule has 0 saturated heterocycles. The van der Waals surface area contributed by atoms with E-state index in [1.807, 2.05) is 6.92 Å². The molecule has 0 fully saturated rings. The Morgan fingerprint density at radius 2 is 2.17 bits per heavy atom. The van der Waals surface area contributed by atoms with Crippen molar-refractivity contribution in [2.75, 3.05) is 18.1 Å². The highest BCUT2D eigenvalue weighted by Crippen LogP contribution is 2.13. The van der Waals surface area contributed by atoms with E-state index in [-0.39, 0.29) is 17.4 Å². The number of rotatable bonds is 6. The summed E-state index contributed by atoms with van der Waals surface area (Å²) in [6.07, 6.45) is 0. The van der Waals surface area contributed by atoms with Crippen LogP contribution in [0.25, 0.3) is 0 Å². The molecule has 100 valence electrons. The van der Waals surface area contributed by atoms with Crippen molar-refractivity contribution in [3.63, 3.8) is 0 Å². The third-order valence-corrected chi connectivity index (χ3v) is 3.78. The van der Waals surface area contributed by atoms with Crippen LogP contribution < -0.4 is 10.5 Å². The van der Waals surface area contributed by atoms with Gasteiger partial charge in [0.05, 0.1) is 5.75 Å². The van der Waals surface area contributed by atoms with E-state index in [0.29, 0.717) is 17.3 Å². The van der Waals surface area contributed by atoms with Crippen LogP contribution in [0.4, 0.5) is 0 Å². The van der Waals surface area contributed by atoms with E-state index in [1.165, 1.54) is 17.8 Å². The fourth-order valence-corrected chi connectivity index (χ4v) is 2.77. The number of thioether (sulfide) groups is 1. The van der Waals surface area contributed by atoms with Gasteiger partial charge in [-0.25, -0.2) is 13.6 Å². The molecule has 1 aromatic heterocycles. The summed E-state index contributed by atoms with van der Waals surface area (Å²) < 4.78 is 21.4. The minimum Gasteiger partial charge on any atom is -0.351 e. The van der Waals surface area contributed by atoms with Crippen molar-refractivity contribution in [2.45, 2.75) is 11.9 Å². The zero-order chi connectivity index (χ0) is 13.6. The lowest BCUT2D eigenvalue weighted by molar-refractivity contribution is 0.0949. The lowest BCUT2D eigenvalue weighted by Crippen LogP contribution is -2.24. The third kappa shape index (κ3) is 5.43. The molecule has 0 unspecified atom stereocenters. The Hall–Kier alpha value is -1.19. The molecule has 0 radical (unpaired) electrons. The van der Waals surface area contributed by atoms with Crippen molar-refractivity contribution >= 4 is 27.7 Å². The number of nitrogens with one attached hydrogen (secondary N) is 1. The molecule has 0 aromatic carbocycles. The second kappa shape index (κ2) is 6.66. The van der Waals surface area contributed by atoms with E-state index in [9.17, 15) is 13.2 Å². The Morgan fingerprint density at radius 1 is 1.44 bits per heavy atom. The predicted octanol–water partition coefficient (Wildman–Crippen LogP) is -0.393. The number of carbonyl (C=O) groups excluding carboxylic acids is 1. The molecule has 0 aliphatic carbocycles. The van der Waals surface area contributed by atoms with E-state index >= 15 is 0 Å². The molecule has 1 rings (SSSR count). The molecule has 1 aromatic rings. The van der Waals surface area contributed by atoms with Crippen LogP contribution in [0.1, 0.15) is 17.4 Å². The first-order valence-electron chi connectivity index (χ1n) is 5.17. The summed E-state index contributed by atoms with van der Waals surface area (Å²) >= 11 is 1.22. The quantitative estimate of drug-likeness (QED) is 0.689. The molecule has 3 N–H and O–H groups in total. The number of carbonyl (C=O) groups is 1. The smallest absolute Gasteiger partial charge is 0.271 e. The summed E-state index contributed by atoms with van der Waals surface area (Å²) in [5.41, 5.74) is 0.229. The predicted molar refractivity (Wildman–Crippen MR) is 68.7 cm³/mol. The maximum Gasteiger partial charge on any atom is 0.271 e. The fraction of sp³-hybridized carbons (Fsp3) is 0.444. The van der Waals surface area contributed by atoms with Gasteiger partial charge in [0.1, 0.15) is 5.03 Å². The molecular formula is C9H14N4O3S2. The van der Waals surface area contributed by atoms with Crippen LogP contribution in [0.3, 0.4) is 0 Å². The third-order valence-electron chi connectivity index (χ3n) is 1.83. The zero-order valence-electron chi connectivity index (χ0n) is 9.79. The molecule has 0 aliphatic rings. The molecule has 1 heterocycles. The van der Waals surface area contributed by atoms with E-state index < -0.39 is 10.0 Å². The van der Waals surface area contributed by atoms with Crippen LogP contribution in [0.2, 0.25) is 0 Å². The summed E-state index contributed by atoms with van der Waals surface area (Å²) in [5, 5.41) is 15.6. The van der Waals surface area contributed by atoms with Gasteiger partial charge in [-0.2, -0.15) is 0 Å². The number of nitrogens with zero attached hydrogens (tertiary/aromatic N) is 2. The molecule has 0 spiro atoms. The largest absolute Gasteiger partial charge is 0.351 e. The normalized spacial score (nSPS) is 11.2. The van der Waals surface area contributed by atoms with E-state index in [4.69, 9.17) is 5.14 Å². The van der Waals surface area contributed by atoms with Crippen molar-refractivity contribution in [3.8, 4) is 0 Å². The SMILES string of the molecule is CCNC(=O)c1ccc(SCCS(N)(=O)=O)nn1. The van der Waals surface area contributed by atoms with Crippen molar-refractivity contribution in [1.82, 2.24) is 15.5 Å². The topological polar surface area (TPSA) is 115 Å². The minimum atomic E-state index is -3.46. The summed E-state index contributed by atoms with van der Waals surface area (Å²) in [4.78, 5) is 11.4. The Kier molecular flexibility index (Phi) is 5.51. The van der Waals surface area contributed by atoms with Gasteiger partial charge in [0.25, 0.3) is 5.91 Å². The molecule has 0 bridgehead atoms. The monoisotopic (exact) mass is 290 g/mol. The standard InChI is InChI=1S/C9H14N4O3S2/c1-2-11-9(14)7-3-4-8(13-12-7)17-5-6-18(10,15)16/h3-4H,2,5-6H2,1H3,(H,11,14)(H2,10,15,16). The molecule has 0 aliphatic heterocycles. The highest BCUT2D eigenvalue weighted by atomic mass is 32.2. The number of amides is 1. The Bertz CT molecular complexity index is 501. The van der Waals surface area contributed by atoms with Gasteiger partial charge in [-0.1, -0.05) is 0 Å². The second-order valence-corrected chi connectivity index (χ2v) is 6.18. The van der Waals surface area contributed by atoms with Crippen LogP contribution in [-0.4, -0.2) is 42.6 Å². The highest BCUT2D eigenvalue weighted by molar-refractivity contribution is 8.00. The zero-order valence-corrected chi connectivity index (χ0v) is 11.4. The first-order valence-corrected chi connectivity index (χ1v) is 7.87. The van der Waals surface area contributed by atoms with Gasteiger partial charge < -0.3 is 5.32 Å². The fourth-order valence-electron chi connectivity index (χ4n) is 1.03. The summed E-state index contributed by atoms with van der Waals surface area (Å²) in [7, 11) is -3.46. The minimum absolute atomic E-state index is 0.128. The highest BCUT2D eigenvalue weighted by Gasteiger charge is 2.08. The molecule has 7 nitrogen and oxygen atoms in total. The van der Waals surface area contributed by atoms with Gasteiger partial charge in [0.2, 0.25) is 10.0 Å². The molecule has 0 saturated carbocycles. The van der Waals surface area contributed by atoms with Crippen molar-refractivity contribution in [1.29, 1.82) is 0 Å². The average Bonchev–Trinajstić information content (AvgIpc) is 2.28. The van der Waals surface area contributed by atoms with Gasteiger partial charge in [0, 0.05) is 12.3 Å². The number of primary sulfonamides is 1. The van der Waals surface area contributed by atoms with Gasteiger partial charge in [-0.05, 0) is 19.1 Å². The first-order chi connectivity index (χ1) is 8.42. The molecular weight excluding hydrogens is 276 g/mol. The Balaban J connectivity index is 2.53. The van der Waals surface area contributed by atoms with Gasteiger partial charge in [-0.3, -0.25) is 4.79 Å². The number of hydrogen-bond acceptors (Lipinski definition) is 6. The van der Waals surface area contributed by atoms with Crippen molar-refractivity contribution in [3.05, 3.63) is 17.8 Å². The number of sulfonamides is 1. The molecule has 0 atom stereocenters. The van der Waals surface area contributed by atoms with Gasteiger partial charge >= 0.3 is 0 Å². The molecule has 1 amide bonds. The van der Waals surface area contributed by atoms with E-state index in [1.54, 1.807) is 6.07 Å². The number of hydrogen-bond donors (Lipinski definition) is 2. The maximum atomic E-state index is 11.4. The average molecular weight is 290 g/mol. The lowest BCUT2D eigenvalue weighted by Gasteiger charge is -2.02. The molecule has 18 heavy (non-hydrogen) atoms. The number of nitrogens with two attached hydrogens (primary N) is 1. The maximum absolute atomic E-state index is 11.4. The second-order valence-electron chi connectivity index (χ2n) is 3.33. The van der Waals surface area contributed by atoms with Crippen LogP contribution in [0.15, 0.2) is 17.2 Å². The Morgan fingerprint density at radius 3 is 2.67 bits per heavy atom. The van der Waals surface area contributed by atoms with Crippen LogP contribution >= 0.6 is 11.8 Å². The summed E-state index contributed by atoms with van der Waals surface area (Å²) in [6, 6.07) is 3.16. The first kappa shape index (κ1) is 14.9. The van der Waals surface area contributed by atoms with Crippen molar-refractivity contribution < 1.29 is 13.2 Å². The van der Waals surface area contributed by atoms with E-state index in [0.717, 1.165) is 0 Å². The van der Waals surface area contributed by atoms with E-state index in [2.05, 4.69) is 15.5 Å². The lowest BCUT2D eigenvalue weighted by atomic mass is 10.4. The van der Waals surface area contributed by atoms with Crippen LogP contribution in [0.5, 0.6) is 0 Å². The van der Waals surface area contributed by atoms with Crippen molar-refractivity contribution in [2.24, 2.45) is 5.14 Å². The summed E-state index contributed by atoms with van der Waals surface area (Å²) in [5.74, 6) is -0.114. The van der Waals surface area contributed by atoms with Gasteiger partial charge in [-0.15, -0.1) is 22.0 Å². The van der Waals surface area contributed by atoms with Gasteiger partial charge in [0.15, 0.2) is 5.69 Å². The summed E-state index contributed by atoms with van der Waals surface area (Å²) in [6.45, 7) is 2.33. The van der Waals surface area contributed by atoms with Crippen LogP contribution in [0, 0.1) is 0 Å². The molecule has 9 heteroatoms. The number of aromatic nitrogens is 2.